The summed E-state index contributed by atoms with van der Waals surface area (Å²) in [6.45, 7) is 5.88. The van der Waals surface area contributed by atoms with E-state index in [0.717, 1.165) is 11.1 Å². The summed E-state index contributed by atoms with van der Waals surface area (Å²) >= 11 is 0. The van der Waals surface area contributed by atoms with Crippen molar-refractivity contribution in [1.29, 1.82) is 0 Å². The molecule has 2 rings (SSSR count). The molecule has 0 bridgehead atoms. The molecule has 1 aromatic rings. The summed E-state index contributed by atoms with van der Waals surface area (Å²) in [5, 5.41) is 3.98. The van der Waals surface area contributed by atoms with Crippen LogP contribution in [0.5, 0.6) is 0 Å². The largest absolute Gasteiger partial charge is 0.445 e. The fourth-order valence-corrected chi connectivity index (χ4v) is 1.78. The van der Waals surface area contributed by atoms with Crippen molar-refractivity contribution >= 4 is 12.0 Å². The van der Waals surface area contributed by atoms with Gasteiger partial charge in [0.1, 0.15) is 6.10 Å². The maximum absolute atomic E-state index is 12.2. The quantitative estimate of drug-likeness (QED) is 0.830. The third-order valence-corrected chi connectivity index (χ3v) is 3.17. The van der Waals surface area contributed by atoms with Gasteiger partial charge in [-0.15, -0.1) is 0 Å². The fourth-order valence-electron chi connectivity index (χ4n) is 1.78. The fraction of sp³-hybridized carbons (Fsp3) is 0.615. The predicted octanol–water partition coefficient (Wildman–Crippen LogP) is 1.14. The van der Waals surface area contributed by atoms with Crippen LogP contribution in [0.25, 0.3) is 0 Å². The van der Waals surface area contributed by atoms with Crippen LogP contribution in [0.4, 0.5) is 4.79 Å². The Morgan fingerprint density at radius 1 is 1.45 bits per heavy atom. The van der Waals surface area contributed by atoms with Crippen molar-refractivity contribution in [1.82, 2.24) is 14.7 Å². The molecule has 0 N–H and O–H groups in total. The number of aromatic nitrogens is 2. The highest BCUT2D eigenvalue weighted by molar-refractivity contribution is 5.92. The molecule has 7 heteroatoms. The van der Waals surface area contributed by atoms with Gasteiger partial charge in [-0.05, 0) is 19.4 Å². The molecule has 1 fully saturated rings. The van der Waals surface area contributed by atoms with E-state index >= 15 is 0 Å². The Morgan fingerprint density at radius 2 is 2.15 bits per heavy atom. The molecule has 1 unspecified atom stereocenters. The van der Waals surface area contributed by atoms with Crippen LogP contribution in [0.2, 0.25) is 0 Å². The minimum atomic E-state index is -0.569. The van der Waals surface area contributed by atoms with Crippen molar-refractivity contribution < 1.29 is 19.1 Å². The number of amides is 1. The zero-order valence-electron chi connectivity index (χ0n) is 11.7. The van der Waals surface area contributed by atoms with Gasteiger partial charge in [-0.2, -0.15) is 9.78 Å². The van der Waals surface area contributed by atoms with Crippen LogP contribution in [0.15, 0.2) is 12.3 Å². The number of nitrogens with zero attached hydrogens (tertiary/aromatic N) is 3. The second-order valence-electron chi connectivity index (χ2n) is 4.65. The van der Waals surface area contributed by atoms with Gasteiger partial charge in [-0.25, -0.2) is 4.79 Å². The van der Waals surface area contributed by atoms with Crippen LogP contribution >= 0.6 is 0 Å². The topological polar surface area (TPSA) is 73.7 Å². The van der Waals surface area contributed by atoms with E-state index in [9.17, 15) is 9.59 Å². The number of ether oxygens (including phenoxy) is 2. The summed E-state index contributed by atoms with van der Waals surface area (Å²) in [5.41, 5.74) is 0.244. The number of morpholine rings is 1. The van der Waals surface area contributed by atoms with Gasteiger partial charge in [0, 0.05) is 19.3 Å². The first kappa shape index (κ1) is 14.5. The first-order chi connectivity index (χ1) is 9.61. The van der Waals surface area contributed by atoms with Crippen LogP contribution in [-0.4, -0.2) is 59.1 Å². The Labute approximate surface area is 117 Å². The van der Waals surface area contributed by atoms with E-state index in [0.29, 0.717) is 26.3 Å². The molecular weight excluding hydrogens is 262 g/mol. The smallest absolute Gasteiger partial charge is 0.434 e. The third kappa shape index (κ3) is 3.36. The van der Waals surface area contributed by atoms with Gasteiger partial charge < -0.3 is 14.4 Å². The van der Waals surface area contributed by atoms with E-state index in [1.165, 1.54) is 12.3 Å². The molecule has 1 aromatic heterocycles. The Kier molecular flexibility index (Phi) is 4.73. The zero-order chi connectivity index (χ0) is 14.5. The number of hydrogen-bond donors (Lipinski definition) is 0. The van der Waals surface area contributed by atoms with E-state index in [1.54, 1.807) is 11.8 Å². The summed E-state index contributed by atoms with van der Waals surface area (Å²) in [4.78, 5) is 25.6. The Morgan fingerprint density at radius 3 is 2.80 bits per heavy atom. The standard InChI is InChI=1S/C13H19N3O4/c1-3-10(2)20-13(18)16-5-4-11(14-16)12(17)15-6-8-19-9-7-15/h4-5,10H,3,6-9H2,1-2H3. The van der Waals surface area contributed by atoms with E-state index in [2.05, 4.69) is 5.10 Å². The lowest BCUT2D eigenvalue weighted by Crippen LogP contribution is -2.41. The molecule has 1 amide bonds. The number of carbonyl (C=O) groups excluding carboxylic acids is 2. The molecule has 20 heavy (non-hydrogen) atoms. The molecule has 0 radical (unpaired) electrons. The molecular formula is C13H19N3O4. The second-order valence-corrected chi connectivity index (χ2v) is 4.65. The molecule has 110 valence electrons. The Bertz CT molecular complexity index is 480. The van der Waals surface area contributed by atoms with Gasteiger partial charge in [0.25, 0.3) is 5.91 Å². The van der Waals surface area contributed by atoms with Crippen molar-refractivity contribution in [2.45, 2.75) is 26.4 Å². The monoisotopic (exact) mass is 281 g/mol. The van der Waals surface area contributed by atoms with E-state index in [-0.39, 0.29) is 17.7 Å². The molecule has 0 spiro atoms. The van der Waals surface area contributed by atoms with E-state index < -0.39 is 6.09 Å². The van der Waals surface area contributed by atoms with Crippen LogP contribution in [0, 0.1) is 0 Å². The zero-order valence-corrected chi connectivity index (χ0v) is 11.7. The molecule has 1 aliphatic heterocycles. The number of rotatable bonds is 3. The minimum Gasteiger partial charge on any atom is -0.445 e. The van der Waals surface area contributed by atoms with Gasteiger partial charge >= 0.3 is 6.09 Å². The number of carbonyl (C=O) groups is 2. The summed E-state index contributed by atoms with van der Waals surface area (Å²) in [7, 11) is 0. The molecule has 1 aliphatic rings. The van der Waals surface area contributed by atoms with Gasteiger partial charge in [-0.1, -0.05) is 6.92 Å². The lowest BCUT2D eigenvalue weighted by Gasteiger charge is -2.25. The average molecular weight is 281 g/mol. The van der Waals surface area contributed by atoms with Gasteiger partial charge in [0.2, 0.25) is 0 Å². The lowest BCUT2D eigenvalue weighted by atomic mass is 10.3. The summed E-state index contributed by atoms with van der Waals surface area (Å²) in [5.74, 6) is -0.191. The van der Waals surface area contributed by atoms with Gasteiger partial charge in [-0.3, -0.25) is 4.79 Å². The van der Waals surface area contributed by atoms with Crippen LogP contribution in [-0.2, 0) is 9.47 Å². The van der Waals surface area contributed by atoms with Gasteiger partial charge in [0.15, 0.2) is 5.69 Å². The van der Waals surface area contributed by atoms with Crippen LogP contribution < -0.4 is 0 Å². The molecule has 0 aliphatic carbocycles. The average Bonchev–Trinajstić information content (AvgIpc) is 2.97. The maximum atomic E-state index is 12.2. The van der Waals surface area contributed by atoms with Crippen LogP contribution in [0.1, 0.15) is 30.8 Å². The summed E-state index contributed by atoms with van der Waals surface area (Å²) < 4.78 is 11.4. The third-order valence-electron chi connectivity index (χ3n) is 3.17. The van der Waals surface area contributed by atoms with E-state index in [1.807, 2.05) is 6.92 Å². The Hall–Kier alpha value is -1.89. The van der Waals surface area contributed by atoms with Crippen molar-refractivity contribution in [3.63, 3.8) is 0 Å². The van der Waals surface area contributed by atoms with Crippen molar-refractivity contribution in [3.8, 4) is 0 Å². The highest BCUT2D eigenvalue weighted by Crippen LogP contribution is 2.06. The van der Waals surface area contributed by atoms with E-state index in [4.69, 9.17) is 9.47 Å². The first-order valence-electron chi connectivity index (χ1n) is 6.75. The van der Waals surface area contributed by atoms with Crippen molar-refractivity contribution in [3.05, 3.63) is 18.0 Å². The Balaban J connectivity index is 2.00. The molecule has 0 saturated carbocycles. The van der Waals surface area contributed by atoms with Gasteiger partial charge in [0.05, 0.1) is 13.2 Å². The summed E-state index contributed by atoms with van der Waals surface area (Å²) in [6.07, 6.45) is 1.43. The molecule has 1 atom stereocenters. The minimum absolute atomic E-state index is 0.176. The lowest BCUT2D eigenvalue weighted by molar-refractivity contribution is 0.0298. The SMILES string of the molecule is CCC(C)OC(=O)n1ccc(C(=O)N2CCOCC2)n1. The predicted molar refractivity (Wildman–Crippen MR) is 70.6 cm³/mol. The van der Waals surface area contributed by atoms with Crippen molar-refractivity contribution in [2.75, 3.05) is 26.3 Å². The first-order valence-corrected chi connectivity index (χ1v) is 6.75. The highest BCUT2D eigenvalue weighted by Gasteiger charge is 2.22. The van der Waals surface area contributed by atoms with Crippen molar-refractivity contribution in [2.24, 2.45) is 0 Å². The molecule has 2 heterocycles. The number of hydrogen-bond acceptors (Lipinski definition) is 5. The molecule has 7 nitrogen and oxygen atoms in total. The second kappa shape index (κ2) is 6.51. The summed E-state index contributed by atoms with van der Waals surface area (Å²) in [6, 6.07) is 1.52. The normalized spacial score (nSPS) is 16.8. The highest BCUT2D eigenvalue weighted by atomic mass is 16.6. The maximum Gasteiger partial charge on any atom is 0.434 e. The molecule has 1 saturated heterocycles. The molecule has 0 aromatic carbocycles. The van der Waals surface area contributed by atoms with Crippen LogP contribution in [0.3, 0.4) is 0 Å².